The van der Waals surface area contributed by atoms with E-state index >= 15 is 0 Å². The van der Waals surface area contributed by atoms with E-state index in [1.807, 2.05) is 13.8 Å². The van der Waals surface area contributed by atoms with E-state index in [1.165, 1.54) is 7.11 Å². The van der Waals surface area contributed by atoms with E-state index in [0.717, 1.165) is 5.69 Å². The van der Waals surface area contributed by atoms with Crippen LogP contribution in [0.4, 0.5) is 0 Å². The highest BCUT2D eigenvalue weighted by atomic mass is 16.5. The number of ether oxygens (including phenoxy) is 1. The maximum absolute atomic E-state index is 10.7. The predicted molar refractivity (Wildman–Crippen MR) is 55.2 cm³/mol. The first-order valence-electron chi connectivity index (χ1n) is 4.79. The molecule has 1 heterocycles. The fourth-order valence-electron chi connectivity index (χ4n) is 1.61. The average Bonchev–Trinajstić information content (AvgIpc) is 2.41. The van der Waals surface area contributed by atoms with Crippen LogP contribution in [-0.4, -0.2) is 28.0 Å². The van der Waals surface area contributed by atoms with Crippen LogP contribution in [0.15, 0.2) is 0 Å². The molecular weight excluding hydrogens is 196 g/mol. The summed E-state index contributed by atoms with van der Waals surface area (Å²) in [5.41, 5.74) is 1.46. The van der Waals surface area contributed by atoms with Gasteiger partial charge in [0.2, 0.25) is 5.88 Å². The van der Waals surface area contributed by atoms with Crippen LogP contribution in [0, 0.1) is 0 Å². The van der Waals surface area contributed by atoms with Gasteiger partial charge in [-0.25, -0.2) is 4.68 Å². The molecule has 1 aromatic rings. The van der Waals surface area contributed by atoms with Crippen LogP contribution in [0.25, 0.3) is 0 Å². The molecular formula is C10H16N2O3. The number of rotatable bonds is 4. The SMILES string of the molecule is COc1c(CC(=O)O)c(C(C)C)nn1C. The largest absolute Gasteiger partial charge is 0.481 e. The molecule has 0 saturated heterocycles. The maximum Gasteiger partial charge on any atom is 0.308 e. The monoisotopic (exact) mass is 212 g/mol. The van der Waals surface area contributed by atoms with Crippen molar-refractivity contribution in [2.24, 2.45) is 7.05 Å². The second-order valence-electron chi connectivity index (χ2n) is 3.72. The van der Waals surface area contributed by atoms with Gasteiger partial charge in [-0.3, -0.25) is 4.79 Å². The molecule has 5 nitrogen and oxygen atoms in total. The van der Waals surface area contributed by atoms with Crippen LogP contribution in [0.5, 0.6) is 5.88 Å². The molecule has 1 N–H and O–H groups in total. The van der Waals surface area contributed by atoms with Crippen LogP contribution < -0.4 is 4.74 Å². The van der Waals surface area contributed by atoms with E-state index in [4.69, 9.17) is 9.84 Å². The number of methoxy groups -OCH3 is 1. The lowest BCUT2D eigenvalue weighted by Crippen LogP contribution is -2.04. The first-order chi connectivity index (χ1) is 6.97. The molecule has 5 heteroatoms. The number of hydrogen-bond donors (Lipinski definition) is 1. The number of carboxylic acids is 1. The van der Waals surface area contributed by atoms with Gasteiger partial charge in [-0.2, -0.15) is 5.10 Å². The summed E-state index contributed by atoms with van der Waals surface area (Å²) < 4.78 is 6.72. The number of aryl methyl sites for hydroxylation is 1. The number of aliphatic carboxylic acids is 1. The van der Waals surface area contributed by atoms with E-state index in [9.17, 15) is 4.79 Å². The Morgan fingerprint density at radius 3 is 2.60 bits per heavy atom. The van der Waals surface area contributed by atoms with Crippen LogP contribution in [-0.2, 0) is 18.3 Å². The number of aromatic nitrogens is 2. The zero-order valence-electron chi connectivity index (χ0n) is 9.44. The lowest BCUT2D eigenvalue weighted by molar-refractivity contribution is -0.136. The van der Waals surface area contributed by atoms with Gasteiger partial charge in [-0.05, 0) is 5.92 Å². The Labute approximate surface area is 88.7 Å². The summed E-state index contributed by atoms with van der Waals surface area (Å²) in [5, 5.41) is 13.1. The summed E-state index contributed by atoms with van der Waals surface area (Å²) in [6.07, 6.45) is -0.0511. The molecule has 0 unspecified atom stereocenters. The second kappa shape index (κ2) is 4.33. The third kappa shape index (κ3) is 2.29. The third-order valence-electron chi connectivity index (χ3n) is 2.19. The highest BCUT2D eigenvalue weighted by Gasteiger charge is 2.20. The number of nitrogens with zero attached hydrogens (tertiary/aromatic N) is 2. The Kier molecular flexibility index (Phi) is 3.34. The molecule has 1 aromatic heterocycles. The molecule has 0 aliphatic rings. The summed E-state index contributed by atoms with van der Waals surface area (Å²) in [7, 11) is 3.27. The van der Waals surface area contributed by atoms with Gasteiger partial charge in [-0.1, -0.05) is 13.8 Å². The average molecular weight is 212 g/mol. The quantitative estimate of drug-likeness (QED) is 0.814. The van der Waals surface area contributed by atoms with Gasteiger partial charge < -0.3 is 9.84 Å². The Bertz CT molecular complexity index is 369. The van der Waals surface area contributed by atoms with Crippen molar-refractivity contribution in [1.29, 1.82) is 0 Å². The van der Waals surface area contributed by atoms with Crippen molar-refractivity contribution >= 4 is 5.97 Å². The van der Waals surface area contributed by atoms with Crippen LogP contribution in [0.2, 0.25) is 0 Å². The summed E-state index contributed by atoms with van der Waals surface area (Å²) in [6, 6.07) is 0. The standard InChI is InChI=1S/C10H16N2O3/c1-6(2)9-7(5-8(13)14)10(15-4)12(3)11-9/h6H,5H2,1-4H3,(H,13,14). The van der Waals surface area contributed by atoms with Crippen molar-refractivity contribution in [2.75, 3.05) is 7.11 Å². The molecule has 0 amide bonds. The highest BCUT2D eigenvalue weighted by Crippen LogP contribution is 2.27. The van der Waals surface area contributed by atoms with Crippen molar-refractivity contribution in [3.05, 3.63) is 11.3 Å². The van der Waals surface area contributed by atoms with Crippen molar-refractivity contribution in [3.63, 3.8) is 0 Å². The summed E-state index contributed by atoms with van der Waals surface area (Å²) in [6.45, 7) is 3.96. The number of hydrogen-bond acceptors (Lipinski definition) is 3. The Morgan fingerprint density at radius 2 is 2.20 bits per heavy atom. The summed E-state index contributed by atoms with van der Waals surface area (Å²) in [5.74, 6) is -0.154. The fraction of sp³-hybridized carbons (Fsp3) is 0.600. The first kappa shape index (κ1) is 11.6. The van der Waals surface area contributed by atoms with Crippen molar-refractivity contribution < 1.29 is 14.6 Å². The summed E-state index contributed by atoms with van der Waals surface area (Å²) >= 11 is 0. The van der Waals surface area contributed by atoms with Gasteiger partial charge >= 0.3 is 5.97 Å². The molecule has 0 spiro atoms. The zero-order chi connectivity index (χ0) is 11.6. The molecule has 0 radical (unpaired) electrons. The molecule has 0 aliphatic carbocycles. The third-order valence-corrected chi connectivity index (χ3v) is 2.19. The second-order valence-corrected chi connectivity index (χ2v) is 3.72. The molecule has 0 saturated carbocycles. The van der Waals surface area contributed by atoms with Crippen molar-refractivity contribution in [2.45, 2.75) is 26.2 Å². The minimum absolute atomic E-state index is 0.0511. The van der Waals surface area contributed by atoms with Crippen molar-refractivity contribution in [1.82, 2.24) is 9.78 Å². The van der Waals surface area contributed by atoms with Gasteiger partial charge in [-0.15, -0.1) is 0 Å². The minimum atomic E-state index is -0.872. The molecule has 0 aliphatic heterocycles. The fourth-order valence-corrected chi connectivity index (χ4v) is 1.61. The minimum Gasteiger partial charge on any atom is -0.481 e. The van der Waals surface area contributed by atoms with E-state index in [2.05, 4.69) is 5.10 Å². The van der Waals surface area contributed by atoms with Gasteiger partial charge in [0.1, 0.15) is 0 Å². The highest BCUT2D eigenvalue weighted by molar-refractivity contribution is 5.71. The molecule has 1 rings (SSSR count). The molecule has 0 bridgehead atoms. The van der Waals surface area contributed by atoms with E-state index in [1.54, 1.807) is 11.7 Å². The van der Waals surface area contributed by atoms with E-state index in [0.29, 0.717) is 11.4 Å². The van der Waals surface area contributed by atoms with Gasteiger partial charge in [0, 0.05) is 12.6 Å². The van der Waals surface area contributed by atoms with Crippen LogP contribution in [0.3, 0.4) is 0 Å². The predicted octanol–water partition coefficient (Wildman–Crippen LogP) is 1.18. The molecule has 0 atom stereocenters. The normalized spacial score (nSPS) is 10.7. The smallest absolute Gasteiger partial charge is 0.308 e. The maximum atomic E-state index is 10.7. The molecule has 0 aromatic carbocycles. The molecule has 84 valence electrons. The number of carboxylic acid groups (broad SMARTS) is 1. The van der Waals surface area contributed by atoms with Crippen LogP contribution >= 0.6 is 0 Å². The lowest BCUT2D eigenvalue weighted by atomic mass is 10.0. The Morgan fingerprint density at radius 1 is 1.60 bits per heavy atom. The van der Waals surface area contributed by atoms with E-state index in [-0.39, 0.29) is 12.3 Å². The zero-order valence-corrected chi connectivity index (χ0v) is 9.44. The Hall–Kier alpha value is -1.52. The molecule has 15 heavy (non-hydrogen) atoms. The van der Waals surface area contributed by atoms with Crippen molar-refractivity contribution in [3.8, 4) is 5.88 Å². The summed E-state index contributed by atoms with van der Waals surface area (Å²) in [4.78, 5) is 10.7. The lowest BCUT2D eigenvalue weighted by Gasteiger charge is -2.04. The Balaban J connectivity index is 3.21. The van der Waals surface area contributed by atoms with Gasteiger partial charge in [0.05, 0.1) is 19.2 Å². The van der Waals surface area contributed by atoms with Gasteiger partial charge in [0.25, 0.3) is 0 Å². The number of carbonyl (C=O) groups is 1. The molecule has 0 fully saturated rings. The van der Waals surface area contributed by atoms with Crippen LogP contribution in [0.1, 0.15) is 31.0 Å². The van der Waals surface area contributed by atoms with Gasteiger partial charge in [0.15, 0.2) is 0 Å². The topological polar surface area (TPSA) is 64.3 Å². The first-order valence-corrected chi connectivity index (χ1v) is 4.79. The van der Waals surface area contributed by atoms with E-state index < -0.39 is 5.97 Å².